The Bertz CT molecular complexity index is 637. The first kappa shape index (κ1) is 13.8. The van der Waals surface area contributed by atoms with Crippen molar-refractivity contribution in [1.82, 2.24) is 25.3 Å². The molecule has 0 saturated carbocycles. The average Bonchev–Trinajstić information content (AvgIpc) is 2.95. The Balaban J connectivity index is 1.80. The van der Waals surface area contributed by atoms with E-state index >= 15 is 0 Å². The lowest BCUT2D eigenvalue weighted by Gasteiger charge is -2.33. The van der Waals surface area contributed by atoms with Crippen LogP contribution in [0.5, 0.6) is 0 Å². The first-order valence-electron chi connectivity index (χ1n) is 7.34. The molecule has 1 unspecified atom stereocenters. The number of amides is 1. The van der Waals surface area contributed by atoms with Crippen LogP contribution in [0.2, 0.25) is 0 Å². The summed E-state index contributed by atoms with van der Waals surface area (Å²) in [5, 5.41) is 3.00. The number of H-pyrrole nitrogens is 1. The van der Waals surface area contributed by atoms with Gasteiger partial charge in [0.25, 0.3) is 0 Å². The van der Waals surface area contributed by atoms with Crippen LogP contribution in [0, 0.1) is 5.92 Å². The normalized spacial score (nSPS) is 19.2. The van der Waals surface area contributed by atoms with Crippen LogP contribution in [-0.2, 0) is 4.79 Å². The maximum Gasteiger partial charge on any atom is 0.225 e. The van der Waals surface area contributed by atoms with Crippen molar-refractivity contribution in [3.05, 3.63) is 12.7 Å². The molecule has 2 N–H and O–H groups in total. The molecule has 1 aliphatic rings. The fourth-order valence-corrected chi connectivity index (χ4v) is 2.78. The average molecular weight is 288 g/mol. The summed E-state index contributed by atoms with van der Waals surface area (Å²) < 4.78 is 0. The Labute approximate surface area is 123 Å². The Hall–Kier alpha value is -2.18. The zero-order chi connectivity index (χ0) is 14.8. The van der Waals surface area contributed by atoms with Gasteiger partial charge in [0.2, 0.25) is 5.91 Å². The summed E-state index contributed by atoms with van der Waals surface area (Å²) in [5.41, 5.74) is 1.50. The van der Waals surface area contributed by atoms with Gasteiger partial charge in [-0.1, -0.05) is 0 Å². The topological polar surface area (TPSA) is 86.8 Å². The second kappa shape index (κ2) is 5.67. The molecule has 0 radical (unpaired) electrons. The van der Waals surface area contributed by atoms with Crippen molar-refractivity contribution in [2.24, 2.45) is 5.92 Å². The van der Waals surface area contributed by atoms with Gasteiger partial charge in [0.05, 0.1) is 12.2 Å². The van der Waals surface area contributed by atoms with Crippen LogP contribution in [0.4, 0.5) is 5.82 Å². The number of nitrogens with one attached hydrogen (secondary N) is 2. The molecule has 0 bridgehead atoms. The standard InChI is InChI=1S/C14H20N6O/c1-9(2)19-14(21)10-4-3-5-20(6-10)13-11-12(16-7-15-11)17-8-18-13/h7-10H,3-6H2,1-2H3,(H,19,21)(H,15,16,17,18). The number of aromatic nitrogens is 4. The van der Waals surface area contributed by atoms with Crippen LogP contribution in [0.3, 0.4) is 0 Å². The summed E-state index contributed by atoms with van der Waals surface area (Å²) in [5.74, 6) is 0.971. The van der Waals surface area contributed by atoms with E-state index in [1.165, 1.54) is 6.33 Å². The number of rotatable bonds is 3. The number of fused-ring (bicyclic) bond motifs is 1. The quantitative estimate of drug-likeness (QED) is 0.883. The van der Waals surface area contributed by atoms with E-state index in [1.807, 2.05) is 13.8 Å². The zero-order valence-electron chi connectivity index (χ0n) is 12.3. The van der Waals surface area contributed by atoms with Crippen LogP contribution in [0.25, 0.3) is 11.2 Å². The van der Waals surface area contributed by atoms with Crippen molar-refractivity contribution >= 4 is 22.9 Å². The van der Waals surface area contributed by atoms with Crippen LogP contribution in [-0.4, -0.2) is 45.0 Å². The molecule has 1 aliphatic heterocycles. The molecule has 1 fully saturated rings. The molecule has 1 saturated heterocycles. The molecule has 3 rings (SSSR count). The summed E-state index contributed by atoms with van der Waals surface area (Å²) in [7, 11) is 0. The number of carbonyl (C=O) groups excluding carboxylic acids is 1. The van der Waals surface area contributed by atoms with Crippen LogP contribution < -0.4 is 10.2 Å². The van der Waals surface area contributed by atoms with Gasteiger partial charge >= 0.3 is 0 Å². The SMILES string of the molecule is CC(C)NC(=O)C1CCCN(c2ncnc3nc[nH]c23)C1. The number of anilines is 1. The fraction of sp³-hybridized carbons (Fsp3) is 0.571. The Morgan fingerprint density at radius 3 is 3.10 bits per heavy atom. The number of aromatic amines is 1. The first-order chi connectivity index (χ1) is 10.1. The maximum atomic E-state index is 12.2. The summed E-state index contributed by atoms with van der Waals surface area (Å²) in [4.78, 5) is 30.1. The van der Waals surface area contributed by atoms with Crippen LogP contribution >= 0.6 is 0 Å². The predicted molar refractivity (Wildman–Crippen MR) is 79.9 cm³/mol. The van der Waals surface area contributed by atoms with Gasteiger partial charge in [0, 0.05) is 19.1 Å². The Morgan fingerprint density at radius 2 is 2.29 bits per heavy atom. The van der Waals surface area contributed by atoms with Crippen molar-refractivity contribution < 1.29 is 4.79 Å². The highest BCUT2D eigenvalue weighted by molar-refractivity contribution is 5.84. The first-order valence-corrected chi connectivity index (χ1v) is 7.34. The Kier molecular flexibility index (Phi) is 3.72. The highest BCUT2D eigenvalue weighted by Crippen LogP contribution is 2.25. The van der Waals surface area contributed by atoms with Crippen molar-refractivity contribution in [3.8, 4) is 0 Å². The third-order valence-electron chi connectivity index (χ3n) is 3.73. The summed E-state index contributed by atoms with van der Waals surface area (Å²) in [6, 6.07) is 0.172. The molecule has 2 aromatic rings. The van der Waals surface area contributed by atoms with Gasteiger partial charge in [-0.15, -0.1) is 0 Å². The molecule has 7 heteroatoms. The lowest BCUT2D eigenvalue weighted by Crippen LogP contribution is -2.45. The summed E-state index contributed by atoms with van der Waals surface area (Å²) in [6.07, 6.45) is 5.05. The molecule has 1 amide bonds. The zero-order valence-corrected chi connectivity index (χ0v) is 12.3. The molecule has 0 aliphatic carbocycles. The van der Waals surface area contributed by atoms with Crippen molar-refractivity contribution in [1.29, 1.82) is 0 Å². The van der Waals surface area contributed by atoms with Crippen LogP contribution in [0.15, 0.2) is 12.7 Å². The second-order valence-electron chi connectivity index (χ2n) is 5.75. The lowest BCUT2D eigenvalue weighted by atomic mass is 9.97. The number of carbonyl (C=O) groups is 1. The van der Waals surface area contributed by atoms with Gasteiger partial charge in [-0.05, 0) is 26.7 Å². The van der Waals surface area contributed by atoms with E-state index in [9.17, 15) is 4.79 Å². The highest BCUT2D eigenvalue weighted by atomic mass is 16.2. The second-order valence-corrected chi connectivity index (χ2v) is 5.75. The van der Waals surface area contributed by atoms with Gasteiger partial charge in [0.1, 0.15) is 11.8 Å². The number of nitrogens with zero attached hydrogens (tertiary/aromatic N) is 4. The van der Waals surface area contributed by atoms with Gasteiger partial charge in [-0.3, -0.25) is 4.79 Å². The molecule has 0 spiro atoms. The van der Waals surface area contributed by atoms with Crippen molar-refractivity contribution in [2.75, 3.05) is 18.0 Å². The molecule has 0 aromatic carbocycles. The molecule has 21 heavy (non-hydrogen) atoms. The molecule has 1 atom stereocenters. The fourth-order valence-electron chi connectivity index (χ4n) is 2.78. The largest absolute Gasteiger partial charge is 0.354 e. The third kappa shape index (κ3) is 2.81. The smallest absolute Gasteiger partial charge is 0.225 e. The highest BCUT2D eigenvalue weighted by Gasteiger charge is 2.28. The molecule has 3 heterocycles. The maximum absolute atomic E-state index is 12.2. The van der Waals surface area contributed by atoms with Gasteiger partial charge in [0.15, 0.2) is 11.5 Å². The van der Waals surface area contributed by atoms with Crippen LogP contribution in [0.1, 0.15) is 26.7 Å². The van der Waals surface area contributed by atoms with E-state index in [1.54, 1.807) is 6.33 Å². The summed E-state index contributed by atoms with van der Waals surface area (Å²) >= 11 is 0. The van der Waals surface area contributed by atoms with Crippen molar-refractivity contribution in [3.63, 3.8) is 0 Å². The van der Waals surface area contributed by atoms with E-state index < -0.39 is 0 Å². The van der Waals surface area contributed by atoms with E-state index in [0.29, 0.717) is 12.2 Å². The lowest BCUT2D eigenvalue weighted by molar-refractivity contribution is -0.125. The summed E-state index contributed by atoms with van der Waals surface area (Å²) in [6.45, 7) is 5.55. The molecule has 2 aromatic heterocycles. The van der Waals surface area contributed by atoms with Gasteiger partial charge in [-0.25, -0.2) is 15.0 Å². The minimum absolute atomic E-state index is 0.00841. The minimum atomic E-state index is 0.00841. The minimum Gasteiger partial charge on any atom is -0.354 e. The number of imidazole rings is 1. The third-order valence-corrected chi connectivity index (χ3v) is 3.73. The van der Waals surface area contributed by atoms with Crippen molar-refractivity contribution in [2.45, 2.75) is 32.7 Å². The molecule has 112 valence electrons. The van der Waals surface area contributed by atoms with E-state index in [4.69, 9.17) is 0 Å². The van der Waals surface area contributed by atoms with E-state index in [0.717, 1.165) is 30.7 Å². The van der Waals surface area contributed by atoms with Gasteiger partial charge in [-0.2, -0.15) is 0 Å². The number of hydrogen-bond donors (Lipinski definition) is 2. The Morgan fingerprint density at radius 1 is 1.43 bits per heavy atom. The predicted octanol–water partition coefficient (Wildman–Crippen LogP) is 1.09. The molecular formula is C14H20N6O. The monoisotopic (exact) mass is 288 g/mol. The molecular weight excluding hydrogens is 268 g/mol. The molecule has 7 nitrogen and oxygen atoms in total. The van der Waals surface area contributed by atoms with E-state index in [-0.39, 0.29) is 17.9 Å². The van der Waals surface area contributed by atoms with Gasteiger partial charge < -0.3 is 15.2 Å². The number of hydrogen-bond acceptors (Lipinski definition) is 5. The number of piperidine rings is 1. The van der Waals surface area contributed by atoms with E-state index in [2.05, 4.69) is 30.2 Å².